The molecule has 1 aromatic heterocycles. The quantitative estimate of drug-likeness (QED) is 0.826. The first-order valence-corrected chi connectivity index (χ1v) is 9.53. The van der Waals surface area contributed by atoms with Crippen molar-refractivity contribution in [3.8, 4) is 11.3 Å². The van der Waals surface area contributed by atoms with Gasteiger partial charge in [-0.2, -0.15) is 0 Å². The molecule has 150 valence electrons. The molecule has 2 N–H and O–H groups in total. The standard InChI is InChI=1S/C21H25N3O3.ClH/c1-22-19(25)18-7-6-17(27-18)15-2-4-16(5-3-15)20(26)24-13-10-21(14-24)8-11-23-12-9-21;/h2-7,23H,8-14H2,1H3,(H,22,25);1H. The molecule has 2 amide bonds. The van der Waals surface area contributed by atoms with Gasteiger partial charge in [-0.05, 0) is 62.0 Å². The highest BCUT2D eigenvalue weighted by molar-refractivity contribution is 5.95. The maximum atomic E-state index is 12.9. The topological polar surface area (TPSA) is 74.6 Å². The molecule has 0 unspecified atom stereocenters. The van der Waals surface area contributed by atoms with Crippen molar-refractivity contribution < 1.29 is 14.0 Å². The van der Waals surface area contributed by atoms with E-state index in [1.807, 2.05) is 29.2 Å². The van der Waals surface area contributed by atoms with E-state index >= 15 is 0 Å². The van der Waals surface area contributed by atoms with Crippen LogP contribution in [0.2, 0.25) is 0 Å². The van der Waals surface area contributed by atoms with Crippen LogP contribution in [0.5, 0.6) is 0 Å². The molecule has 4 rings (SSSR count). The van der Waals surface area contributed by atoms with E-state index in [0.717, 1.165) is 51.0 Å². The highest BCUT2D eigenvalue weighted by Crippen LogP contribution is 2.39. The Morgan fingerprint density at radius 3 is 2.46 bits per heavy atom. The lowest BCUT2D eigenvalue weighted by Crippen LogP contribution is -2.39. The molecular weight excluding hydrogens is 378 g/mol. The Bertz CT molecular complexity index is 841. The van der Waals surface area contributed by atoms with Crippen LogP contribution in [-0.4, -0.2) is 49.9 Å². The number of rotatable bonds is 3. The maximum absolute atomic E-state index is 12.9. The smallest absolute Gasteiger partial charge is 0.286 e. The number of carbonyl (C=O) groups excluding carboxylic acids is 2. The van der Waals surface area contributed by atoms with Crippen LogP contribution in [0.25, 0.3) is 11.3 Å². The Kier molecular flexibility index (Phi) is 6.10. The molecule has 2 saturated heterocycles. The molecule has 2 fully saturated rings. The number of halogens is 1. The van der Waals surface area contributed by atoms with Gasteiger partial charge in [-0.25, -0.2) is 0 Å². The number of benzene rings is 1. The van der Waals surface area contributed by atoms with Crippen LogP contribution < -0.4 is 10.6 Å². The van der Waals surface area contributed by atoms with Gasteiger partial charge in [0.25, 0.3) is 11.8 Å². The second-order valence-electron chi connectivity index (χ2n) is 7.55. The third-order valence-electron chi connectivity index (χ3n) is 5.86. The van der Waals surface area contributed by atoms with Gasteiger partial charge in [-0.1, -0.05) is 12.1 Å². The number of nitrogens with zero attached hydrogens (tertiary/aromatic N) is 1. The van der Waals surface area contributed by atoms with Gasteiger partial charge in [-0.15, -0.1) is 12.4 Å². The average molecular weight is 404 g/mol. The van der Waals surface area contributed by atoms with Gasteiger partial charge in [0.05, 0.1) is 0 Å². The van der Waals surface area contributed by atoms with Crippen molar-refractivity contribution in [2.75, 3.05) is 33.2 Å². The van der Waals surface area contributed by atoms with Crippen LogP contribution in [0.4, 0.5) is 0 Å². The summed E-state index contributed by atoms with van der Waals surface area (Å²) < 4.78 is 5.58. The van der Waals surface area contributed by atoms with Crippen molar-refractivity contribution in [3.63, 3.8) is 0 Å². The van der Waals surface area contributed by atoms with E-state index in [1.165, 1.54) is 0 Å². The van der Waals surface area contributed by atoms with E-state index in [2.05, 4.69) is 10.6 Å². The molecule has 0 bridgehead atoms. The summed E-state index contributed by atoms with van der Waals surface area (Å²) in [5.74, 6) is 0.732. The van der Waals surface area contributed by atoms with Crippen LogP contribution in [0.3, 0.4) is 0 Å². The van der Waals surface area contributed by atoms with E-state index in [9.17, 15) is 9.59 Å². The van der Waals surface area contributed by atoms with Gasteiger partial charge >= 0.3 is 0 Å². The van der Waals surface area contributed by atoms with E-state index in [-0.39, 0.29) is 30.0 Å². The molecule has 1 aromatic carbocycles. The van der Waals surface area contributed by atoms with Crippen molar-refractivity contribution in [3.05, 3.63) is 47.7 Å². The predicted molar refractivity (Wildman–Crippen MR) is 110 cm³/mol. The number of amides is 2. The Hall–Kier alpha value is -2.31. The molecule has 1 spiro atoms. The monoisotopic (exact) mass is 403 g/mol. The summed E-state index contributed by atoms with van der Waals surface area (Å²) in [6.45, 7) is 3.81. The van der Waals surface area contributed by atoms with Crippen molar-refractivity contribution in [1.82, 2.24) is 15.5 Å². The molecule has 2 aromatic rings. The zero-order chi connectivity index (χ0) is 18.9. The maximum Gasteiger partial charge on any atom is 0.286 e. The molecule has 6 nitrogen and oxygen atoms in total. The molecule has 2 aliphatic rings. The van der Waals surface area contributed by atoms with Crippen LogP contribution in [0.15, 0.2) is 40.8 Å². The van der Waals surface area contributed by atoms with Crippen LogP contribution in [0.1, 0.15) is 40.2 Å². The summed E-state index contributed by atoms with van der Waals surface area (Å²) in [6, 6.07) is 10.8. The summed E-state index contributed by atoms with van der Waals surface area (Å²) >= 11 is 0. The predicted octanol–water partition coefficient (Wildman–Crippen LogP) is 2.94. The number of hydrogen-bond acceptors (Lipinski definition) is 4. The average Bonchev–Trinajstić information content (AvgIpc) is 3.36. The van der Waals surface area contributed by atoms with Gasteiger partial charge in [0.2, 0.25) is 0 Å². The number of carbonyl (C=O) groups is 2. The molecule has 7 heteroatoms. The molecule has 3 heterocycles. The molecule has 0 atom stereocenters. The van der Waals surface area contributed by atoms with Crippen molar-refractivity contribution >= 4 is 24.2 Å². The normalized spacial score (nSPS) is 18.0. The Morgan fingerprint density at radius 2 is 1.79 bits per heavy atom. The Balaban J connectivity index is 0.00000225. The van der Waals surface area contributed by atoms with E-state index in [4.69, 9.17) is 4.42 Å². The minimum absolute atomic E-state index is 0. The SMILES string of the molecule is CNC(=O)c1ccc(-c2ccc(C(=O)N3CCC4(CCNCC4)C3)cc2)o1.Cl. The summed E-state index contributed by atoms with van der Waals surface area (Å²) in [5, 5.41) is 5.95. The minimum Gasteiger partial charge on any atom is -0.451 e. The zero-order valence-corrected chi connectivity index (χ0v) is 16.8. The second kappa shape index (κ2) is 8.37. The highest BCUT2D eigenvalue weighted by atomic mass is 35.5. The third kappa shape index (κ3) is 3.93. The van der Waals surface area contributed by atoms with Gasteiger partial charge in [-0.3, -0.25) is 9.59 Å². The molecule has 0 radical (unpaired) electrons. The first-order valence-electron chi connectivity index (χ1n) is 9.53. The molecule has 0 aliphatic carbocycles. The highest BCUT2D eigenvalue weighted by Gasteiger charge is 2.40. The van der Waals surface area contributed by atoms with E-state index in [0.29, 0.717) is 16.7 Å². The summed E-state index contributed by atoms with van der Waals surface area (Å²) in [5.41, 5.74) is 1.85. The molecule has 28 heavy (non-hydrogen) atoms. The third-order valence-corrected chi connectivity index (χ3v) is 5.86. The van der Waals surface area contributed by atoms with Crippen LogP contribution >= 0.6 is 12.4 Å². The lowest BCUT2D eigenvalue weighted by molar-refractivity contribution is 0.0761. The van der Waals surface area contributed by atoms with Crippen molar-refractivity contribution in [2.45, 2.75) is 19.3 Å². The van der Waals surface area contributed by atoms with Gasteiger partial charge in [0.1, 0.15) is 5.76 Å². The molecular formula is C21H26ClN3O3. The number of likely N-dealkylation sites (tertiary alicyclic amines) is 1. The van der Waals surface area contributed by atoms with Crippen molar-refractivity contribution in [1.29, 1.82) is 0 Å². The van der Waals surface area contributed by atoms with E-state index < -0.39 is 0 Å². The lowest BCUT2D eigenvalue weighted by atomic mass is 9.78. The first-order chi connectivity index (χ1) is 13.1. The van der Waals surface area contributed by atoms with Crippen molar-refractivity contribution in [2.24, 2.45) is 5.41 Å². The summed E-state index contributed by atoms with van der Waals surface area (Å²) in [4.78, 5) is 26.5. The number of piperidine rings is 1. The number of hydrogen-bond donors (Lipinski definition) is 2. The fraction of sp³-hybridized carbons (Fsp3) is 0.429. The minimum atomic E-state index is -0.256. The largest absolute Gasteiger partial charge is 0.451 e. The lowest BCUT2D eigenvalue weighted by Gasteiger charge is -2.33. The second-order valence-corrected chi connectivity index (χ2v) is 7.55. The molecule has 0 saturated carbocycles. The summed E-state index contributed by atoms with van der Waals surface area (Å²) in [7, 11) is 1.57. The zero-order valence-electron chi connectivity index (χ0n) is 16.0. The van der Waals surface area contributed by atoms with E-state index in [1.54, 1.807) is 19.2 Å². The first kappa shape index (κ1) is 20.4. The van der Waals surface area contributed by atoms with Gasteiger partial charge in [0.15, 0.2) is 5.76 Å². The van der Waals surface area contributed by atoms with Crippen LogP contribution in [0, 0.1) is 5.41 Å². The Morgan fingerprint density at radius 1 is 1.07 bits per heavy atom. The number of furan rings is 1. The van der Waals surface area contributed by atoms with Gasteiger partial charge < -0.3 is 20.0 Å². The fourth-order valence-corrected chi connectivity index (χ4v) is 4.17. The number of nitrogens with one attached hydrogen (secondary N) is 2. The molecule has 2 aliphatic heterocycles. The van der Waals surface area contributed by atoms with Crippen LogP contribution in [-0.2, 0) is 0 Å². The fourth-order valence-electron chi connectivity index (χ4n) is 4.17. The summed E-state index contributed by atoms with van der Waals surface area (Å²) in [6.07, 6.45) is 3.41. The van der Waals surface area contributed by atoms with Gasteiger partial charge in [0, 0.05) is 31.3 Å². The Labute approximate surface area is 171 Å².